The predicted octanol–water partition coefficient (Wildman–Crippen LogP) is 3.91. The Morgan fingerprint density at radius 3 is 2.71 bits per heavy atom. The quantitative estimate of drug-likeness (QED) is 0.646. The molecule has 0 fully saturated rings. The van der Waals surface area contributed by atoms with E-state index in [1.165, 1.54) is 6.07 Å². The third-order valence-corrected chi connectivity index (χ3v) is 3.09. The van der Waals surface area contributed by atoms with Crippen molar-refractivity contribution in [1.82, 2.24) is 0 Å². The topological polar surface area (TPSA) is 64.4 Å². The number of ether oxygens (including phenoxy) is 1. The first kappa shape index (κ1) is 14.8. The number of nitrogens with one attached hydrogen (secondary N) is 1. The van der Waals surface area contributed by atoms with E-state index in [1.54, 1.807) is 18.2 Å². The van der Waals surface area contributed by atoms with Gasteiger partial charge in [0.25, 0.3) is 5.69 Å². The van der Waals surface area contributed by atoms with E-state index in [0.29, 0.717) is 18.7 Å². The summed E-state index contributed by atoms with van der Waals surface area (Å²) in [5.41, 5.74) is 2.70. The fourth-order valence-electron chi connectivity index (χ4n) is 2.08. The molecule has 0 saturated carbocycles. The van der Waals surface area contributed by atoms with Crippen LogP contribution < -0.4 is 10.1 Å². The molecule has 0 aliphatic rings. The van der Waals surface area contributed by atoms with Crippen LogP contribution in [-0.2, 0) is 6.54 Å². The molecule has 0 amide bonds. The first-order valence-electron chi connectivity index (χ1n) is 6.81. The average molecular weight is 286 g/mol. The Bertz CT molecular complexity index is 641. The number of rotatable bonds is 6. The number of anilines is 1. The van der Waals surface area contributed by atoms with Crippen molar-refractivity contribution in [1.29, 1.82) is 0 Å². The van der Waals surface area contributed by atoms with Gasteiger partial charge in [-0.15, -0.1) is 0 Å². The van der Waals surface area contributed by atoms with Crippen molar-refractivity contribution in [3.05, 3.63) is 63.7 Å². The second kappa shape index (κ2) is 6.74. The maximum absolute atomic E-state index is 11.0. The summed E-state index contributed by atoms with van der Waals surface area (Å²) in [6.45, 7) is 4.87. The number of benzene rings is 2. The Labute approximate surface area is 123 Å². The lowest BCUT2D eigenvalue weighted by Crippen LogP contribution is -2.05. The number of hydrogen-bond acceptors (Lipinski definition) is 4. The maximum Gasteiger partial charge on any atom is 0.274 e. The van der Waals surface area contributed by atoms with Crippen molar-refractivity contribution in [3.63, 3.8) is 0 Å². The number of nitro groups is 1. The van der Waals surface area contributed by atoms with E-state index in [0.717, 1.165) is 17.0 Å². The minimum atomic E-state index is -0.365. The van der Waals surface area contributed by atoms with E-state index in [2.05, 4.69) is 5.32 Å². The molecular weight excluding hydrogens is 268 g/mol. The Hall–Kier alpha value is -2.56. The molecule has 2 aromatic rings. The highest BCUT2D eigenvalue weighted by Crippen LogP contribution is 2.27. The predicted molar refractivity (Wildman–Crippen MR) is 82.8 cm³/mol. The van der Waals surface area contributed by atoms with Gasteiger partial charge in [0.15, 0.2) is 0 Å². The summed E-state index contributed by atoms with van der Waals surface area (Å²) in [5, 5.41) is 14.2. The summed E-state index contributed by atoms with van der Waals surface area (Å²) >= 11 is 0. The lowest BCUT2D eigenvalue weighted by atomic mass is 10.1. The zero-order valence-corrected chi connectivity index (χ0v) is 12.1. The molecule has 0 aliphatic carbocycles. The van der Waals surface area contributed by atoms with Crippen LogP contribution >= 0.6 is 0 Å². The van der Waals surface area contributed by atoms with Gasteiger partial charge in [-0.05, 0) is 31.5 Å². The molecule has 5 heteroatoms. The normalized spacial score (nSPS) is 10.2. The van der Waals surface area contributed by atoms with Crippen LogP contribution in [0, 0.1) is 17.0 Å². The zero-order valence-electron chi connectivity index (χ0n) is 12.1. The van der Waals surface area contributed by atoms with Crippen molar-refractivity contribution >= 4 is 11.4 Å². The van der Waals surface area contributed by atoms with Gasteiger partial charge in [-0.25, -0.2) is 0 Å². The standard InChI is InChI=1S/C16H18N2O3/c1-3-21-16-10-12(2)8-9-14(16)17-11-13-6-4-5-7-15(13)18(19)20/h4-10,17H,3,11H2,1-2H3. The zero-order chi connectivity index (χ0) is 15.2. The molecule has 21 heavy (non-hydrogen) atoms. The number of aryl methyl sites for hydroxylation is 1. The number of nitrogens with zero attached hydrogens (tertiary/aromatic N) is 1. The van der Waals surface area contributed by atoms with Crippen molar-refractivity contribution in [2.24, 2.45) is 0 Å². The summed E-state index contributed by atoms with van der Waals surface area (Å²) in [6, 6.07) is 12.6. The van der Waals surface area contributed by atoms with Gasteiger partial charge in [0, 0.05) is 18.2 Å². The molecule has 1 N–H and O–H groups in total. The molecule has 5 nitrogen and oxygen atoms in total. The Morgan fingerprint density at radius 2 is 2.00 bits per heavy atom. The van der Waals surface area contributed by atoms with E-state index < -0.39 is 0 Å². The molecule has 0 heterocycles. The molecule has 0 bridgehead atoms. The Balaban J connectivity index is 2.19. The van der Waals surface area contributed by atoms with Gasteiger partial charge in [-0.3, -0.25) is 10.1 Å². The van der Waals surface area contributed by atoms with Crippen molar-refractivity contribution in [2.45, 2.75) is 20.4 Å². The number of hydrogen-bond donors (Lipinski definition) is 1. The molecular formula is C16H18N2O3. The molecule has 2 rings (SSSR count). The van der Waals surface area contributed by atoms with Crippen molar-refractivity contribution in [2.75, 3.05) is 11.9 Å². The highest BCUT2D eigenvalue weighted by atomic mass is 16.6. The summed E-state index contributed by atoms with van der Waals surface area (Å²) in [4.78, 5) is 10.6. The minimum absolute atomic E-state index is 0.120. The molecule has 0 radical (unpaired) electrons. The van der Waals surface area contributed by atoms with Crippen molar-refractivity contribution < 1.29 is 9.66 Å². The van der Waals surface area contributed by atoms with E-state index in [4.69, 9.17) is 4.74 Å². The van der Waals surface area contributed by atoms with Gasteiger partial charge < -0.3 is 10.1 Å². The van der Waals surface area contributed by atoms with Gasteiger partial charge in [-0.2, -0.15) is 0 Å². The van der Waals surface area contributed by atoms with Crippen LogP contribution in [0.2, 0.25) is 0 Å². The van der Waals surface area contributed by atoms with Crippen molar-refractivity contribution in [3.8, 4) is 5.75 Å². The van der Waals surface area contributed by atoms with Gasteiger partial charge in [0.2, 0.25) is 0 Å². The van der Waals surface area contributed by atoms with E-state index in [-0.39, 0.29) is 10.6 Å². The Kier molecular flexibility index (Phi) is 4.77. The van der Waals surface area contributed by atoms with Crippen LogP contribution in [0.1, 0.15) is 18.1 Å². The minimum Gasteiger partial charge on any atom is -0.492 e. The molecule has 0 saturated heterocycles. The van der Waals surface area contributed by atoms with Crippen LogP contribution in [0.15, 0.2) is 42.5 Å². The van der Waals surface area contributed by atoms with Gasteiger partial charge in [0.05, 0.1) is 17.2 Å². The summed E-state index contributed by atoms with van der Waals surface area (Å²) in [5.74, 6) is 0.760. The van der Waals surface area contributed by atoms with Crippen LogP contribution in [0.3, 0.4) is 0 Å². The highest BCUT2D eigenvalue weighted by molar-refractivity contribution is 5.58. The third-order valence-electron chi connectivity index (χ3n) is 3.09. The van der Waals surface area contributed by atoms with E-state index in [9.17, 15) is 10.1 Å². The van der Waals surface area contributed by atoms with Gasteiger partial charge in [0.1, 0.15) is 5.75 Å². The third kappa shape index (κ3) is 3.72. The Morgan fingerprint density at radius 1 is 1.24 bits per heavy atom. The fourth-order valence-corrected chi connectivity index (χ4v) is 2.08. The summed E-state index contributed by atoms with van der Waals surface area (Å²) in [6.07, 6.45) is 0. The maximum atomic E-state index is 11.0. The fraction of sp³-hybridized carbons (Fsp3) is 0.250. The molecule has 0 atom stereocenters. The van der Waals surface area contributed by atoms with Gasteiger partial charge >= 0.3 is 0 Å². The molecule has 0 aromatic heterocycles. The second-order valence-electron chi connectivity index (χ2n) is 4.67. The summed E-state index contributed by atoms with van der Waals surface area (Å²) < 4.78 is 5.59. The van der Waals surface area contributed by atoms with Crippen LogP contribution in [0.25, 0.3) is 0 Å². The molecule has 0 unspecified atom stereocenters. The largest absolute Gasteiger partial charge is 0.492 e. The smallest absolute Gasteiger partial charge is 0.274 e. The number of para-hydroxylation sites is 1. The molecule has 2 aromatic carbocycles. The molecule has 0 aliphatic heterocycles. The molecule has 0 spiro atoms. The number of nitro benzene ring substituents is 1. The first-order valence-corrected chi connectivity index (χ1v) is 6.81. The summed E-state index contributed by atoms with van der Waals surface area (Å²) in [7, 11) is 0. The van der Waals surface area contributed by atoms with Crippen LogP contribution in [0.4, 0.5) is 11.4 Å². The first-order chi connectivity index (χ1) is 10.1. The van der Waals surface area contributed by atoms with Crippen LogP contribution in [-0.4, -0.2) is 11.5 Å². The average Bonchev–Trinajstić information content (AvgIpc) is 2.47. The lowest BCUT2D eigenvalue weighted by molar-refractivity contribution is -0.385. The van der Waals surface area contributed by atoms with E-state index >= 15 is 0 Å². The van der Waals surface area contributed by atoms with E-state index in [1.807, 2.05) is 32.0 Å². The molecule has 110 valence electrons. The lowest BCUT2D eigenvalue weighted by Gasteiger charge is -2.13. The second-order valence-corrected chi connectivity index (χ2v) is 4.67. The monoisotopic (exact) mass is 286 g/mol. The van der Waals surface area contributed by atoms with Gasteiger partial charge in [-0.1, -0.05) is 24.3 Å². The highest BCUT2D eigenvalue weighted by Gasteiger charge is 2.12. The SMILES string of the molecule is CCOc1cc(C)ccc1NCc1ccccc1[N+](=O)[O-]. The van der Waals surface area contributed by atoms with Crippen LogP contribution in [0.5, 0.6) is 5.75 Å².